The fraction of sp³-hybridized carbons (Fsp3) is 0.231. The Morgan fingerprint density at radius 2 is 2.24 bits per heavy atom. The van der Waals surface area contributed by atoms with E-state index in [-0.39, 0.29) is 5.97 Å². The van der Waals surface area contributed by atoms with Gasteiger partial charge in [-0.2, -0.15) is 0 Å². The molecule has 1 atom stereocenters. The number of benzene rings is 1. The van der Waals surface area contributed by atoms with Crippen LogP contribution in [0.4, 0.5) is 0 Å². The van der Waals surface area contributed by atoms with Crippen molar-refractivity contribution in [2.75, 3.05) is 6.61 Å². The number of fused-ring (bicyclic) bond motifs is 1. The quantitative estimate of drug-likeness (QED) is 0.608. The Morgan fingerprint density at radius 1 is 1.47 bits per heavy atom. The van der Waals surface area contributed by atoms with E-state index in [4.69, 9.17) is 4.74 Å². The summed E-state index contributed by atoms with van der Waals surface area (Å²) in [6, 6.07) is 7.67. The molecule has 0 unspecified atom stereocenters. The number of thioether (sulfide) groups is 1. The van der Waals surface area contributed by atoms with Crippen LogP contribution in [0.25, 0.3) is 6.08 Å². The molecule has 2 rings (SSSR count). The summed E-state index contributed by atoms with van der Waals surface area (Å²) in [5, 5.41) is -0.539. The molecular formula is C13H12O3S. The van der Waals surface area contributed by atoms with E-state index < -0.39 is 5.25 Å². The Morgan fingerprint density at radius 3 is 2.94 bits per heavy atom. The van der Waals surface area contributed by atoms with Crippen molar-refractivity contribution in [3.8, 4) is 0 Å². The minimum atomic E-state index is -0.539. The SMILES string of the molecule is CCOC(=O)[C@H]1Sc2ccccc2C=C1C=O. The Balaban J connectivity index is 2.34. The zero-order valence-corrected chi connectivity index (χ0v) is 10.2. The molecule has 0 bridgehead atoms. The van der Waals surface area contributed by atoms with Crippen molar-refractivity contribution in [2.45, 2.75) is 17.1 Å². The van der Waals surface area contributed by atoms with Crippen LogP contribution in [-0.2, 0) is 14.3 Å². The second-order valence-electron chi connectivity index (χ2n) is 3.55. The number of rotatable bonds is 3. The smallest absolute Gasteiger partial charge is 0.324 e. The van der Waals surface area contributed by atoms with E-state index in [1.807, 2.05) is 24.3 Å². The molecule has 0 radical (unpaired) electrons. The molecule has 4 heteroatoms. The van der Waals surface area contributed by atoms with Gasteiger partial charge in [0.05, 0.1) is 6.61 Å². The molecule has 0 aliphatic carbocycles. The summed E-state index contributed by atoms with van der Waals surface area (Å²) in [5.41, 5.74) is 1.44. The van der Waals surface area contributed by atoms with Gasteiger partial charge in [0.15, 0.2) is 0 Å². The van der Waals surface area contributed by atoms with Gasteiger partial charge in [0.25, 0.3) is 0 Å². The monoisotopic (exact) mass is 248 g/mol. The molecule has 1 aliphatic heterocycles. The van der Waals surface area contributed by atoms with Crippen LogP contribution in [0, 0.1) is 0 Å². The molecule has 0 spiro atoms. The zero-order chi connectivity index (χ0) is 12.3. The minimum absolute atomic E-state index is 0.323. The molecule has 3 nitrogen and oxygen atoms in total. The number of hydrogen-bond acceptors (Lipinski definition) is 4. The standard InChI is InChI=1S/C13H12O3S/c1-2-16-13(15)12-10(8-14)7-9-5-3-4-6-11(9)17-12/h3-8,12H,2H2,1H3/t12-/m0/s1. The highest BCUT2D eigenvalue weighted by molar-refractivity contribution is 8.01. The lowest BCUT2D eigenvalue weighted by Crippen LogP contribution is -2.24. The molecule has 0 N–H and O–H groups in total. The normalized spacial score (nSPS) is 17.9. The highest BCUT2D eigenvalue weighted by Gasteiger charge is 2.29. The van der Waals surface area contributed by atoms with Gasteiger partial charge < -0.3 is 4.74 Å². The van der Waals surface area contributed by atoms with E-state index in [0.717, 1.165) is 16.7 Å². The predicted molar refractivity (Wildman–Crippen MR) is 66.8 cm³/mol. The number of esters is 1. The first-order valence-electron chi connectivity index (χ1n) is 5.35. The summed E-state index contributed by atoms with van der Waals surface area (Å²) in [6.07, 6.45) is 2.48. The largest absolute Gasteiger partial charge is 0.465 e. The Hall–Kier alpha value is -1.55. The van der Waals surface area contributed by atoms with Gasteiger partial charge in [0.2, 0.25) is 0 Å². The Bertz CT molecular complexity index is 479. The van der Waals surface area contributed by atoms with Crippen LogP contribution in [0.2, 0.25) is 0 Å². The number of aldehydes is 1. The summed E-state index contributed by atoms with van der Waals surface area (Å²) in [7, 11) is 0. The topological polar surface area (TPSA) is 43.4 Å². The second kappa shape index (κ2) is 5.19. The molecule has 0 fully saturated rings. The van der Waals surface area contributed by atoms with Gasteiger partial charge in [-0.3, -0.25) is 9.59 Å². The minimum Gasteiger partial charge on any atom is -0.465 e. The van der Waals surface area contributed by atoms with Crippen LogP contribution in [-0.4, -0.2) is 24.1 Å². The molecule has 17 heavy (non-hydrogen) atoms. The van der Waals surface area contributed by atoms with Crippen LogP contribution >= 0.6 is 11.8 Å². The average Bonchev–Trinajstić information content (AvgIpc) is 2.37. The Kier molecular flexibility index (Phi) is 3.64. The van der Waals surface area contributed by atoms with Crippen molar-refractivity contribution in [3.05, 3.63) is 35.4 Å². The molecule has 0 saturated carbocycles. The fourth-order valence-electron chi connectivity index (χ4n) is 1.66. The van der Waals surface area contributed by atoms with Crippen LogP contribution < -0.4 is 0 Å². The summed E-state index contributed by atoms with van der Waals surface area (Å²) in [6.45, 7) is 2.08. The summed E-state index contributed by atoms with van der Waals surface area (Å²) in [4.78, 5) is 23.7. The van der Waals surface area contributed by atoms with E-state index in [0.29, 0.717) is 12.2 Å². The molecule has 0 saturated heterocycles. The van der Waals surface area contributed by atoms with Gasteiger partial charge in [-0.05, 0) is 24.6 Å². The third kappa shape index (κ3) is 2.42. The van der Waals surface area contributed by atoms with Crippen LogP contribution in [0.1, 0.15) is 12.5 Å². The summed E-state index contributed by atoms with van der Waals surface area (Å²) >= 11 is 1.36. The predicted octanol–water partition coefficient (Wildman–Crippen LogP) is 2.31. The lowest BCUT2D eigenvalue weighted by atomic mass is 10.1. The highest BCUT2D eigenvalue weighted by atomic mass is 32.2. The average molecular weight is 248 g/mol. The first kappa shape index (κ1) is 11.9. The van der Waals surface area contributed by atoms with Crippen molar-refractivity contribution < 1.29 is 14.3 Å². The molecule has 0 amide bonds. The molecule has 88 valence electrons. The van der Waals surface area contributed by atoms with Crippen molar-refractivity contribution in [2.24, 2.45) is 0 Å². The van der Waals surface area contributed by atoms with Gasteiger partial charge in [-0.1, -0.05) is 18.2 Å². The summed E-state index contributed by atoms with van der Waals surface area (Å²) < 4.78 is 4.97. The number of carbonyl (C=O) groups is 2. The maximum Gasteiger partial charge on any atom is 0.324 e. The fourth-order valence-corrected chi connectivity index (χ4v) is 2.75. The van der Waals surface area contributed by atoms with Gasteiger partial charge in [0, 0.05) is 10.5 Å². The van der Waals surface area contributed by atoms with Crippen molar-refractivity contribution in [1.82, 2.24) is 0 Å². The third-order valence-corrected chi connectivity index (χ3v) is 3.75. The van der Waals surface area contributed by atoms with Crippen molar-refractivity contribution in [3.63, 3.8) is 0 Å². The van der Waals surface area contributed by atoms with E-state index in [9.17, 15) is 9.59 Å². The van der Waals surface area contributed by atoms with E-state index >= 15 is 0 Å². The third-order valence-electron chi connectivity index (χ3n) is 2.43. The van der Waals surface area contributed by atoms with E-state index in [1.54, 1.807) is 13.0 Å². The lowest BCUT2D eigenvalue weighted by Gasteiger charge is -2.20. The molecule has 1 aliphatic rings. The van der Waals surface area contributed by atoms with Gasteiger partial charge in [-0.25, -0.2) is 0 Å². The highest BCUT2D eigenvalue weighted by Crippen LogP contribution is 2.37. The number of ether oxygens (including phenoxy) is 1. The lowest BCUT2D eigenvalue weighted by molar-refractivity contribution is -0.142. The van der Waals surface area contributed by atoms with E-state index in [2.05, 4.69) is 0 Å². The first-order valence-corrected chi connectivity index (χ1v) is 6.23. The molecule has 0 aromatic heterocycles. The van der Waals surface area contributed by atoms with E-state index in [1.165, 1.54) is 11.8 Å². The van der Waals surface area contributed by atoms with Gasteiger partial charge >= 0.3 is 5.97 Å². The number of hydrogen-bond donors (Lipinski definition) is 0. The van der Waals surface area contributed by atoms with Crippen LogP contribution in [0.5, 0.6) is 0 Å². The molecule has 1 aromatic rings. The second-order valence-corrected chi connectivity index (χ2v) is 4.70. The summed E-state index contributed by atoms with van der Waals surface area (Å²) in [5.74, 6) is -0.356. The molecular weight excluding hydrogens is 236 g/mol. The van der Waals surface area contributed by atoms with Gasteiger partial charge in [0.1, 0.15) is 11.5 Å². The van der Waals surface area contributed by atoms with Gasteiger partial charge in [-0.15, -0.1) is 11.8 Å². The Labute approximate surface area is 104 Å². The maximum atomic E-state index is 11.7. The van der Waals surface area contributed by atoms with Crippen molar-refractivity contribution in [1.29, 1.82) is 0 Å². The van der Waals surface area contributed by atoms with Crippen molar-refractivity contribution >= 4 is 30.1 Å². The van der Waals surface area contributed by atoms with Crippen LogP contribution in [0.3, 0.4) is 0 Å². The first-order chi connectivity index (χ1) is 8.26. The molecule has 1 aromatic carbocycles. The maximum absolute atomic E-state index is 11.7. The zero-order valence-electron chi connectivity index (χ0n) is 9.38. The molecule has 1 heterocycles. The number of carbonyl (C=O) groups excluding carboxylic acids is 2. The van der Waals surface area contributed by atoms with Crippen LogP contribution in [0.15, 0.2) is 34.7 Å².